The van der Waals surface area contributed by atoms with Crippen LogP contribution in [0.15, 0.2) is 42.5 Å². The number of nitrogens with zero attached hydrogens (tertiary/aromatic N) is 1. The summed E-state index contributed by atoms with van der Waals surface area (Å²) in [5.41, 5.74) is 1.08. The average Bonchev–Trinajstić information content (AvgIpc) is 2.78. The van der Waals surface area contributed by atoms with Gasteiger partial charge in [0, 0.05) is 33.4 Å². The SMILES string of the molecule is COCCCN(Cc1ccc(OC)c(OC)c1)CC(O)COc1ccc(OC)cc1. The summed E-state index contributed by atoms with van der Waals surface area (Å²) in [6.07, 6.45) is 0.241. The lowest BCUT2D eigenvalue weighted by Gasteiger charge is -2.25. The summed E-state index contributed by atoms with van der Waals surface area (Å²) in [6.45, 7) is 2.82. The normalized spacial score (nSPS) is 11.9. The van der Waals surface area contributed by atoms with Gasteiger partial charge in [0.25, 0.3) is 0 Å². The van der Waals surface area contributed by atoms with Gasteiger partial charge in [-0.25, -0.2) is 0 Å². The summed E-state index contributed by atoms with van der Waals surface area (Å²) < 4.78 is 26.7. The number of aliphatic hydroxyl groups is 1. The fraction of sp³-hybridized carbons (Fsp3) is 0.478. The van der Waals surface area contributed by atoms with Crippen LogP contribution in [0.2, 0.25) is 0 Å². The number of methoxy groups -OCH3 is 4. The van der Waals surface area contributed by atoms with Crippen molar-refractivity contribution in [1.82, 2.24) is 4.90 Å². The van der Waals surface area contributed by atoms with Gasteiger partial charge in [-0.1, -0.05) is 6.07 Å². The zero-order valence-electron chi connectivity index (χ0n) is 18.3. The molecule has 0 heterocycles. The molecule has 0 bridgehead atoms. The lowest BCUT2D eigenvalue weighted by Crippen LogP contribution is -2.36. The Morgan fingerprint density at radius 3 is 2.20 bits per heavy atom. The monoisotopic (exact) mass is 419 g/mol. The van der Waals surface area contributed by atoms with Crippen molar-refractivity contribution in [1.29, 1.82) is 0 Å². The van der Waals surface area contributed by atoms with E-state index in [4.69, 9.17) is 23.7 Å². The van der Waals surface area contributed by atoms with E-state index >= 15 is 0 Å². The molecule has 0 amide bonds. The Kier molecular flexibility index (Phi) is 10.3. The van der Waals surface area contributed by atoms with Gasteiger partial charge in [-0.3, -0.25) is 4.90 Å². The van der Waals surface area contributed by atoms with Crippen LogP contribution in [0.3, 0.4) is 0 Å². The molecule has 30 heavy (non-hydrogen) atoms. The van der Waals surface area contributed by atoms with E-state index in [-0.39, 0.29) is 6.61 Å². The first-order chi connectivity index (χ1) is 14.6. The van der Waals surface area contributed by atoms with E-state index in [1.807, 2.05) is 42.5 Å². The van der Waals surface area contributed by atoms with Crippen LogP contribution in [0.5, 0.6) is 23.0 Å². The Labute approximate surface area is 179 Å². The summed E-state index contributed by atoms with van der Waals surface area (Å²) in [6, 6.07) is 13.2. The summed E-state index contributed by atoms with van der Waals surface area (Å²) in [7, 11) is 6.55. The predicted molar refractivity (Wildman–Crippen MR) is 116 cm³/mol. The highest BCUT2D eigenvalue weighted by Crippen LogP contribution is 2.28. The number of ether oxygens (including phenoxy) is 5. The maximum absolute atomic E-state index is 10.5. The molecule has 2 aromatic rings. The highest BCUT2D eigenvalue weighted by atomic mass is 16.5. The van der Waals surface area contributed by atoms with Gasteiger partial charge in [0.1, 0.15) is 24.2 Å². The minimum absolute atomic E-state index is 0.207. The number of aliphatic hydroxyl groups excluding tert-OH is 1. The summed E-state index contributed by atoms with van der Waals surface area (Å²) in [5, 5.41) is 10.5. The van der Waals surface area contributed by atoms with Gasteiger partial charge >= 0.3 is 0 Å². The van der Waals surface area contributed by atoms with E-state index < -0.39 is 6.10 Å². The molecule has 0 aliphatic carbocycles. The van der Waals surface area contributed by atoms with Gasteiger partial charge in [0.15, 0.2) is 11.5 Å². The first kappa shape index (κ1) is 23.8. The number of hydrogen-bond acceptors (Lipinski definition) is 7. The predicted octanol–water partition coefficient (Wildman–Crippen LogP) is 2.99. The zero-order valence-corrected chi connectivity index (χ0v) is 18.3. The van der Waals surface area contributed by atoms with Crippen molar-refractivity contribution < 1.29 is 28.8 Å². The molecular formula is C23H33NO6. The minimum Gasteiger partial charge on any atom is -0.497 e. The first-order valence-corrected chi connectivity index (χ1v) is 9.96. The van der Waals surface area contributed by atoms with Crippen molar-refractivity contribution in [2.24, 2.45) is 0 Å². The molecular weight excluding hydrogens is 386 g/mol. The summed E-state index contributed by atoms with van der Waals surface area (Å²) in [5.74, 6) is 2.85. The largest absolute Gasteiger partial charge is 0.497 e. The van der Waals surface area contributed by atoms with E-state index in [0.29, 0.717) is 36.9 Å². The molecule has 0 aliphatic rings. The minimum atomic E-state index is -0.630. The van der Waals surface area contributed by atoms with Crippen molar-refractivity contribution in [3.8, 4) is 23.0 Å². The molecule has 0 saturated carbocycles. The van der Waals surface area contributed by atoms with Crippen LogP contribution in [-0.2, 0) is 11.3 Å². The molecule has 0 aromatic heterocycles. The smallest absolute Gasteiger partial charge is 0.161 e. The second kappa shape index (κ2) is 13.0. The van der Waals surface area contributed by atoms with E-state index in [9.17, 15) is 5.11 Å². The lowest BCUT2D eigenvalue weighted by atomic mass is 10.1. The van der Waals surface area contributed by atoms with Crippen molar-refractivity contribution >= 4 is 0 Å². The van der Waals surface area contributed by atoms with Gasteiger partial charge in [-0.05, 0) is 48.4 Å². The topological polar surface area (TPSA) is 69.6 Å². The molecule has 1 unspecified atom stereocenters. The van der Waals surface area contributed by atoms with E-state index in [0.717, 1.165) is 24.3 Å². The van der Waals surface area contributed by atoms with Gasteiger partial charge in [-0.15, -0.1) is 0 Å². The zero-order chi connectivity index (χ0) is 21.8. The highest BCUT2D eigenvalue weighted by Gasteiger charge is 2.15. The van der Waals surface area contributed by atoms with Crippen molar-refractivity contribution in [2.45, 2.75) is 19.1 Å². The Bertz CT molecular complexity index is 737. The van der Waals surface area contributed by atoms with Gasteiger partial charge in [0.05, 0.1) is 21.3 Å². The third kappa shape index (κ3) is 7.74. The molecule has 0 spiro atoms. The third-order valence-electron chi connectivity index (χ3n) is 4.65. The summed E-state index contributed by atoms with van der Waals surface area (Å²) in [4.78, 5) is 2.18. The van der Waals surface area contributed by atoms with Crippen LogP contribution in [0, 0.1) is 0 Å². The van der Waals surface area contributed by atoms with Gasteiger partial charge in [0.2, 0.25) is 0 Å². The lowest BCUT2D eigenvalue weighted by molar-refractivity contribution is 0.0617. The molecule has 0 aliphatic heterocycles. The Balaban J connectivity index is 1.95. The second-order valence-electron chi connectivity index (χ2n) is 6.91. The van der Waals surface area contributed by atoms with Crippen LogP contribution in [-0.4, -0.2) is 70.9 Å². The molecule has 0 fully saturated rings. The highest BCUT2D eigenvalue weighted by molar-refractivity contribution is 5.42. The average molecular weight is 420 g/mol. The van der Waals surface area contributed by atoms with E-state index in [1.165, 1.54) is 0 Å². The van der Waals surface area contributed by atoms with Crippen LogP contribution in [0.25, 0.3) is 0 Å². The summed E-state index contributed by atoms with van der Waals surface area (Å²) >= 11 is 0. The Morgan fingerprint density at radius 1 is 0.867 bits per heavy atom. The molecule has 0 radical (unpaired) electrons. The molecule has 7 heteroatoms. The van der Waals surface area contributed by atoms with Crippen LogP contribution >= 0.6 is 0 Å². The quantitative estimate of drug-likeness (QED) is 0.472. The fourth-order valence-electron chi connectivity index (χ4n) is 3.12. The van der Waals surface area contributed by atoms with Gasteiger partial charge < -0.3 is 28.8 Å². The molecule has 0 saturated heterocycles. The Morgan fingerprint density at radius 2 is 1.57 bits per heavy atom. The number of benzene rings is 2. The second-order valence-corrected chi connectivity index (χ2v) is 6.91. The first-order valence-electron chi connectivity index (χ1n) is 9.96. The number of hydrogen-bond donors (Lipinski definition) is 1. The number of rotatable bonds is 14. The maximum atomic E-state index is 10.5. The molecule has 1 atom stereocenters. The Hall–Kier alpha value is -2.48. The third-order valence-corrected chi connectivity index (χ3v) is 4.65. The van der Waals surface area contributed by atoms with E-state index in [1.54, 1.807) is 28.4 Å². The van der Waals surface area contributed by atoms with Crippen LogP contribution in [0.4, 0.5) is 0 Å². The van der Waals surface area contributed by atoms with Gasteiger partial charge in [-0.2, -0.15) is 0 Å². The van der Waals surface area contributed by atoms with Crippen molar-refractivity contribution in [3.63, 3.8) is 0 Å². The molecule has 2 aromatic carbocycles. The molecule has 7 nitrogen and oxygen atoms in total. The maximum Gasteiger partial charge on any atom is 0.161 e. The molecule has 1 N–H and O–H groups in total. The van der Waals surface area contributed by atoms with E-state index in [2.05, 4.69) is 4.90 Å². The van der Waals surface area contributed by atoms with Crippen LogP contribution in [0.1, 0.15) is 12.0 Å². The fourth-order valence-corrected chi connectivity index (χ4v) is 3.12. The van der Waals surface area contributed by atoms with Crippen molar-refractivity contribution in [2.75, 3.05) is 54.7 Å². The molecule has 166 valence electrons. The molecule has 2 rings (SSSR count). The van der Waals surface area contributed by atoms with Crippen LogP contribution < -0.4 is 18.9 Å². The van der Waals surface area contributed by atoms with Crippen molar-refractivity contribution in [3.05, 3.63) is 48.0 Å². The standard InChI is InChI=1S/C23H33NO6/c1-26-13-5-12-24(15-18-6-11-22(28-3)23(14-18)29-4)16-19(25)17-30-21-9-7-20(27-2)8-10-21/h6-11,14,19,25H,5,12-13,15-17H2,1-4H3.